The van der Waals surface area contributed by atoms with Gasteiger partial charge >= 0.3 is 0 Å². The van der Waals surface area contributed by atoms with Crippen LogP contribution in [0.15, 0.2) is 57.0 Å². The summed E-state index contributed by atoms with van der Waals surface area (Å²) in [5.74, 6) is 1.61. The van der Waals surface area contributed by atoms with Crippen molar-refractivity contribution in [2.45, 2.75) is 49.6 Å². The molecule has 9 heteroatoms. The highest BCUT2D eigenvalue weighted by atomic mass is 32.2. The number of ether oxygens (including phenoxy) is 1. The van der Waals surface area contributed by atoms with E-state index in [9.17, 15) is 8.42 Å². The Morgan fingerprint density at radius 1 is 1.13 bits per heavy atom. The molecule has 1 aromatic carbocycles. The number of sulfonamides is 1. The Morgan fingerprint density at radius 3 is 2.60 bits per heavy atom. The van der Waals surface area contributed by atoms with Gasteiger partial charge in [-0.3, -0.25) is 0 Å². The van der Waals surface area contributed by atoms with Gasteiger partial charge in [0.15, 0.2) is 5.96 Å². The van der Waals surface area contributed by atoms with Crippen LogP contribution in [0.3, 0.4) is 0 Å². The molecule has 0 aliphatic carbocycles. The van der Waals surface area contributed by atoms with E-state index in [1.54, 1.807) is 18.4 Å². The van der Waals surface area contributed by atoms with Gasteiger partial charge in [-0.15, -0.1) is 0 Å². The highest BCUT2D eigenvalue weighted by molar-refractivity contribution is 7.89. The molecule has 1 unspecified atom stereocenters. The lowest BCUT2D eigenvalue weighted by atomic mass is 10.1. The molecule has 2 aromatic rings. The molecule has 30 heavy (non-hydrogen) atoms. The van der Waals surface area contributed by atoms with Crippen molar-refractivity contribution in [1.82, 2.24) is 10.6 Å². The van der Waals surface area contributed by atoms with Gasteiger partial charge in [-0.2, -0.15) is 0 Å². The fourth-order valence-corrected chi connectivity index (χ4v) is 3.79. The van der Waals surface area contributed by atoms with E-state index in [1.165, 1.54) is 18.6 Å². The van der Waals surface area contributed by atoms with Crippen molar-refractivity contribution in [3.63, 3.8) is 0 Å². The van der Waals surface area contributed by atoms with E-state index in [1.807, 2.05) is 12.1 Å². The molecule has 1 aliphatic rings. The van der Waals surface area contributed by atoms with Crippen LogP contribution >= 0.6 is 0 Å². The maximum absolute atomic E-state index is 11.4. The molecule has 1 atom stereocenters. The minimum absolute atomic E-state index is 0.0950. The molecule has 8 nitrogen and oxygen atoms in total. The molecule has 1 aromatic heterocycles. The van der Waals surface area contributed by atoms with Gasteiger partial charge in [0.05, 0.1) is 23.8 Å². The van der Waals surface area contributed by atoms with Crippen LogP contribution in [0, 0.1) is 0 Å². The first kappa shape index (κ1) is 22.3. The minimum atomic E-state index is -3.69. The molecule has 0 spiro atoms. The summed E-state index contributed by atoms with van der Waals surface area (Å²) in [4.78, 5) is 4.72. The SMILES string of the molecule is NS(=O)(=O)c1ccc(CN=C(NCCc2ccco2)NCCC2CCCCO2)cc1. The van der Waals surface area contributed by atoms with Gasteiger partial charge in [-0.25, -0.2) is 18.5 Å². The third kappa shape index (κ3) is 7.47. The number of nitrogens with one attached hydrogen (secondary N) is 2. The highest BCUT2D eigenvalue weighted by Crippen LogP contribution is 2.15. The molecule has 1 fully saturated rings. The summed E-state index contributed by atoms with van der Waals surface area (Å²) in [5, 5.41) is 11.8. The predicted octanol–water partition coefficient (Wildman–Crippen LogP) is 2.16. The topological polar surface area (TPSA) is 119 Å². The summed E-state index contributed by atoms with van der Waals surface area (Å²) < 4.78 is 33.9. The lowest BCUT2D eigenvalue weighted by molar-refractivity contribution is 0.0122. The summed E-state index contributed by atoms with van der Waals surface area (Å²) >= 11 is 0. The molecular weight excluding hydrogens is 404 g/mol. The molecule has 4 N–H and O–H groups in total. The van der Waals surface area contributed by atoms with Gasteiger partial charge < -0.3 is 19.8 Å². The molecule has 164 valence electrons. The molecule has 3 rings (SSSR count). The van der Waals surface area contributed by atoms with Crippen molar-refractivity contribution in [1.29, 1.82) is 0 Å². The van der Waals surface area contributed by atoms with Crippen molar-refractivity contribution in [3.8, 4) is 0 Å². The van der Waals surface area contributed by atoms with Crippen LogP contribution < -0.4 is 15.8 Å². The number of rotatable bonds is 9. The average molecular weight is 435 g/mol. The summed E-state index contributed by atoms with van der Waals surface area (Å²) in [5.41, 5.74) is 0.894. The number of furan rings is 1. The molecule has 1 saturated heterocycles. The molecule has 0 amide bonds. The van der Waals surface area contributed by atoms with E-state index >= 15 is 0 Å². The zero-order valence-corrected chi connectivity index (χ0v) is 17.9. The predicted molar refractivity (Wildman–Crippen MR) is 116 cm³/mol. The lowest BCUT2D eigenvalue weighted by Gasteiger charge is -2.23. The number of primary sulfonamides is 1. The van der Waals surface area contributed by atoms with E-state index in [2.05, 4.69) is 15.6 Å². The number of nitrogens with zero attached hydrogens (tertiary/aromatic N) is 1. The molecular formula is C21H30N4O4S. The van der Waals surface area contributed by atoms with Crippen molar-refractivity contribution >= 4 is 16.0 Å². The second-order valence-electron chi connectivity index (χ2n) is 7.31. The second-order valence-corrected chi connectivity index (χ2v) is 8.88. The van der Waals surface area contributed by atoms with Crippen LogP contribution in [0.25, 0.3) is 0 Å². The largest absolute Gasteiger partial charge is 0.469 e. The van der Waals surface area contributed by atoms with Crippen molar-refractivity contribution in [2.24, 2.45) is 10.1 Å². The van der Waals surface area contributed by atoms with E-state index in [0.29, 0.717) is 25.2 Å². The number of hydrogen-bond donors (Lipinski definition) is 3. The van der Waals surface area contributed by atoms with Crippen LogP contribution in [-0.2, 0) is 27.7 Å². The Hall–Kier alpha value is -2.36. The number of hydrogen-bond acceptors (Lipinski definition) is 5. The Bertz CT molecular complexity index is 890. The van der Waals surface area contributed by atoms with Crippen molar-refractivity contribution in [3.05, 3.63) is 54.0 Å². The summed E-state index contributed by atoms with van der Waals surface area (Å²) in [6.45, 7) is 2.72. The van der Waals surface area contributed by atoms with Crippen molar-refractivity contribution in [2.75, 3.05) is 19.7 Å². The number of guanidine groups is 1. The summed E-state index contributed by atoms with van der Waals surface area (Å²) in [6.07, 6.45) is 7.14. The first-order valence-electron chi connectivity index (χ1n) is 10.3. The van der Waals surface area contributed by atoms with E-state index in [0.717, 1.165) is 50.2 Å². The zero-order chi connectivity index (χ0) is 21.2. The van der Waals surface area contributed by atoms with E-state index < -0.39 is 10.0 Å². The Morgan fingerprint density at radius 2 is 1.93 bits per heavy atom. The zero-order valence-electron chi connectivity index (χ0n) is 17.0. The van der Waals surface area contributed by atoms with E-state index in [4.69, 9.17) is 14.3 Å². The maximum Gasteiger partial charge on any atom is 0.238 e. The quantitative estimate of drug-likeness (QED) is 0.411. The Kier molecular flexibility index (Phi) is 8.30. The fourth-order valence-electron chi connectivity index (χ4n) is 3.27. The average Bonchev–Trinajstić information content (AvgIpc) is 3.25. The Balaban J connectivity index is 1.55. The van der Waals surface area contributed by atoms with Gasteiger partial charge in [0.2, 0.25) is 10.0 Å². The van der Waals surface area contributed by atoms with Gasteiger partial charge in [0.25, 0.3) is 0 Å². The fraction of sp³-hybridized carbons (Fsp3) is 0.476. The summed E-state index contributed by atoms with van der Waals surface area (Å²) in [7, 11) is -3.69. The van der Waals surface area contributed by atoms with E-state index in [-0.39, 0.29) is 4.90 Å². The Labute approximate surface area is 178 Å². The molecule has 1 aliphatic heterocycles. The summed E-state index contributed by atoms with van der Waals surface area (Å²) in [6, 6.07) is 10.3. The van der Waals surface area contributed by atoms with Gasteiger partial charge in [-0.1, -0.05) is 12.1 Å². The number of aliphatic imine (C=N–C) groups is 1. The molecule has 0 saturated carbocycles. The third-order valence-electron chi connectivity index (χ3n) is 4.95. The normalized spacial score (nSPS) is 17.6. The maximum atomic E-state index is 11.4. The number of benzene rings is 1. The second kappa shape index (κ2) is 11.1. The van der Waals surface area contributed by atoms with Crippen LogP contribution in [0.2, 0.25) is 0 Å². The molecule has 0 bridgehead atoms. The smallest absolute Gasteiger partial charge is 0.238 e. The van der Waals surface area contributed by atoms with Crippen LogP contribution in [0.1, 0.15) is 37.0 Å². The highest BCUT2D eigenvalue weighted by Gasteiger charge is 2.13. The van der Waals surface area contributed by atoms with Crippen molar-refractivity contribution < 1.29 is 17.6 Å². The van der Waals surface area contributed by atoms with Crippen LogP contribution in [0.5, 0.6) is 0 Å². The van der Waals surface area contributed by atoms with Gasteiger partial charge in [0.1, 0.15) is 5.76 Å². The minimum Gasteiger partial charge on any atom is -0.469 e. The molecule has 2 heterocycles. The first-order chi connectivity index (χ1) is 14.5. The lowest BCUT2D eigenvalue weighted by Crippen LogP contribution is -2.40. The number of nitrogens with two attached hydrogens (primary N) is 1. The van der Waals surface area contributed by atoms with Crippen LogP contribution in [0.4, 0.5) is 0 Å². The monoisotopic (exact) mass is 434 g/mol. The van der Waals surface area contributed by atoms with Crippen LogP contribution in [-0.4, -0.2) is 40.2 Å². The van der Waals surface area contributed by atoms with Gasteiger partial charge in [-0.05, 0) is 55.5 Å². The first-order valence-corrected chi connectivity index (χ1v) is 11.8. The standard InChI is InChI=1S/C21H30N4O4S/c22-30(26,27)20-8-6-17(7-9-20)16-25-21(24-13-11-19-5-3-15-29-19)23-12-10-18-4-1-2-14-28-18/h3,5-9,15,18H,1-2,4,10-14,16H2,(H2,22,26,27)(H2,23,24,25). The molecule has 0 radical (unpaired) electrons. The third-order valence-corrected chi connectivity index (χ3v) is 5.88. The van der Waals surface area contributed by atoms with Gasteiger partial charge in [0, 0.05) is 26.1 Å².